The van der Waals surface area contributed by atoms with E-state index in [1.54, 1.807) is 0 Å². The Bertz CT molecular complexity index is 748. The minimum Gasteiger partial charge on any atom is -0.396 e. The Morgan fingerprint density at radius 1 is 0.657 bits per heavy atom. The van der Waals surface area contributed by atoms with Crippen LogP contribution in [-0.2, 0) is 9.59 Å². The third kappa shape index (κ3) is 8.52. The van der Waals surface area contributed by atoms with E-state index in [0.29, 0.717) is 0 Å². The summed E-state index contributed by atoms with van der Waals surface area (Å²) in [7, 11) is 0. The average Bonchev–Trinajstić information content (AvgIpc) is 3.25. The predicted octanol–water partition coefficient (Wildman–Crippen LogP) is -4.87. The lowest BCUT2D eigenvalue weighted by Crippen LogP contribution is -2.66. The first-order valence-electron chi connectivity index (χ1n) is 10.4. The highest BCUT2D eigenvalue weighted by Crippen LogP contribution is 2.06. The van der Waals surface area contributed by atoms with Gasteiger partial charge in [0, 0.05) is 13.2 Å². The SMILES string of the molecule is O=C(NCNC(=O)NC1(CO)NC(=O)NC1=O)NC1(CO)NC(=O)NC1=O.OCCCCCCO. The summed E-state index contributed by atoms with van der Waals surface area (Å²) in [6.45, 7) is -1.82. The van der Waals surface area contributed by atoms with Gasteiger partial charge in [0.1, 0.15) is 0 Å². The van der Waals surface area contributed by atoms with E-state index in [-0.39, 0.29) is 13.2 Å². The van der Waals surface area contributed by atoms with Gasteiger partial charge in [-0.15, -0.1) is 0 Å². The number of hydrogen-bond acceptors (Lipinski definition) is 10. The molecular weight excluding hydrogens is 476 g/mol. The van der Waals surface area contributed by atoms with Crippen LogP contribution in [0.3, 0.4) is 0 Å². The molecule has 12 N–H and O–H groups in total. The summed E-state index contributed by atoms with van der Waals surface area (Å²) >= 11 is 0. The van der Waals surface area contributed by atoms with Crippen molar-refractivity contribution in [3.05, 3.63) is 0 Å². The molecule has 2 aliphatic heterocycles. The number of hydrogen-bond donors (Lipinski definition) is 12. The quantitative estimate of drug-likeness (QED) is 0.0720. The van der Waals surface area contributed by atoms with Gasteiger partial charge in [0.25, 0.3) is 11.8 Å². The summed E-state index contributed by atoms with van der Waals surface area (Å²) in [6, 6.07) is -3.91. The molecule has 35 heavy (non-hydrogen) atoms. The molecule has 198 valence electrons. The molecule has 0 spiro atoms. The number of unbranched alkanes of at least 4 members (excludes halogenated alkanes) is 3. The number of nitrogens with one attached hydrogen (secondary N) is 8. The molecule has 0 aromatic heterocycles. The molecule has 10 amide bonds. The maximum Gasteiger partial charge on any atom is 0.323 e. The zero-order chi connectivity index (χ0) is 26.5. The zero-order valence-corrected chi connectivity index (χ0v) is 18.6. The van der Waals surface area contributed by atoms with E-state index in [0.717, 1.165) is 25.7 Å². The Morgan fingerprint density at radius 2 is 1.03 bits per heavy atom. The number of imide groups is 2. The van der Waals surface area contributed by atoms with Gasteiger partial charge in [-0.1, -0.05) is 12.8 Å². The highest BCUT2D eigenvalue weighted by molar-refractivity contribution is 6.09. The molecular formula is C17H30N8O10. The summed E-state index contributed by atoms with van der Waals surface area (Å²) in [5.41, 5.74) is -4.12. The Labute approximate surface area is 198 Å². The topological polar surface area (TPSA) is 280 Å². The van der Waals surface area contributed by atoms with Crippen LogP contribution >= 0.6 is 0 Å². The number of carbonyl (C=O) groups excluding carboxylic acids is 6. The first kappa shape index (κ1) is 29.3. The molecule has 2 rings (SSSR count). The number of urea groups is 4. The molecule has 0 bridgehead atoms. The van der Waals surface area contributed by atoms with E-state index in [1.165, 1.54) is 0 Å². The van der Waals surface area contributed by atoms with Gasteiger partial charge >= 0.3 is 24.1 Å². The van der Waals surface area contributed by atoms with E-state index in [9.17, 15) is 39.0 Å². The zero-order valence-electron chi connectivity index (χ0n) is 18.6. The Balaban J connectivity index is 0.000000658. The third-order valence-electron chi connectivity index (χ3n) is 4.58. The van der Waals surface area contributed by atoms with Gasteiger partial charge in [0.05, 0.1) is 19.9 Å². The molecule has 0 aromatic rings. The van der Waals surface area contributed by atoms with Crippen LogP contribution in [-0.4, -0.2) is 101 Å². The molecule has 0 radical (unpaired) electrons. The van der Waals surface area contributed by atoms with Gasteiger partial charge in [-0.25, -0.2) is 19.2 Å². The number of rotatable bonds is 11. The van der Waals surface area contributed by atoms with Gasteiger partial charge < -0.3 is 52.3 Å². The van der Waals surface area contributed by atoms with E-state index in [1.807, 2.05) is 31.9 Å². The van der Waals surface area contributed by atoms with Crippen molar-refractivity contribution in [1.82, 2.24) is 42.5 Å². The minimum atomic E-state index is -2.06. The molecule has 0 saturated carbocycles. The van der Waals surface area contributed by atoms with Crippen LogP contribution in [0.5, 0.6) is 0 Å². The largest absolute Gasteiger partial charge is 0.396 e. The molecule has 2 unspecified atom stereocenters. The van der Waals surface area contributed by atoms with E-state index < -0.39 is 67.1 Å². The van der Waals surface area contributed by atoms with Crippen LogP contribution in [0, 0.1) is 0 Å². The molecule has 18 nitrogen and oxygen atoms in total. The van der Waals surface area contributed by atoms with Crippen molar-refractivity contribution < 1.29 is 49.2 Å². The number of aliphatic hydroxyl groups excluding tert-OH is 4. The molecule has 0 aliphatic carbocycles. The fraction of sp³-hybridized carbons (Fsp3) is 0.647. The molecule has 2 heterocycles. The summed E-state index contributed by atoms with van der Waals surface area (Å²) in [4.78, 5) is 68.9. The monoisotopic (exact) mass is 506 g/mol. The van der Waals surface area contributed by atoms with Gasteiger partial charge in [0.2, 0.25) is 11.3 Å². The fourth-order valence-corrected chi connectivity index (χ4v) is 2.72. The lowest BCUT2D eigenvalue weighted by molar-refractivity contribution is -0.126. The second-order valence-electron chi connectivity index (χ2n) is 7.24. The van der Waals surface area contributed by atoms with Crippen molar-refractivity contribution in [3.63, 3.8) is 0 Å². The summed E-state index contributed by atoms with van der Waals surface area (Å²) in [5.74, 6) is -1.97. The molecule has 18 heteroatoms. The Hall–Kier alpha value is -3.74. The van der Waals surface area contributed by atoms with Crippen molar-refractivity contribution >= 4 is 35.9 Å². The van der Waals surface area contributed by atoms with Gasteiger partial charge in [-0.2, -0.15) is 0 Å². The van der Waals surface area contributed by atoms with Crippen LogP contribution in [0.1, 0.15) is 25.7 Å². The van der Waals surface area contributed by atoms with Crippen LogP contribution in [0.25, 0.3) is 0 Å². The first-order valence-corrected chi connectivity index (χ1v) is 10.4. The maximum absolute atomic E-state index is 11.8. The lowest BCUT2D eigenvalue weighted by Gasteiger charge is -2.26. The smallest absolute Gasteiger partial charge is 0.323 e. The Morgan fingerprint density at radius 3 is 1.29 bits per heavy atom. The Kier molecular flexibility index (Phi) is 11.6. The molecule has 2 atom stereocenters. The van der Waals surface area contributed by atoms with Crippen LogP contribution in [0.4, 0.5) is 19.2 Å². The first-order chi connectivity index (χ1) is 16.6. The van der Waals surface area contributed by atoms with Crippen molar-refractivity contribution in [2.45, 2.75) is 37.0 Å². The molecule has 2 aliphatic rings. The van der Waals surface area contributed by atoms with Gasteiger partial charge in [-0.05, 0) is 12.8 Å². The number of aliphatic hydroxyl groups is 4. The molecule has 2 fully saturated rings. The van der Waals surface area contributed by atoms with E-state index in [4.69, 9.17) is 10.2 Å². The molecule has 2 saturated heterocycles. The second-order valence-corrected chi connectivity index (χ2v) is 7.24. The summed E-state index contributed by atoms with van der Waals surface area (Å²) < 4.78 is 0. The maximum atomic E-state index is 11.8. The number of amides is 10. The minimum absolute atomic E-state index is 0.283. The van der Waals surface area contributed by atoms with Crippen molar-refractivity contribution in [3.8, 4) is 0 Å². The predicted molar refractivity (Wildman–Crippen MR) is 114 cm³/mol. The second kappa shape index (κ2) is 13.8. The van der Waals surface area contributed by atoms with Gasteiger partial charge in [0.15, 0.2) is 0 Å². The highest BCUT2D eigenvalue weighted by atomic mass is 16.3. The van der Waals surface area contributed by atoms with Crippen molar-refractivity contribution in [1.29, 1.82) is 0 Å². The normalized spacial score (nSPS) is 22.6. The van der Waals surface area contributed by atoms with E-state index >= 15 is 0 Å². The summed E-state index contributed by atoms with van der Waals surface area (Å²) in [6.07, 6.45) is 3.83. The molecule has 0 aromatic carbocycles. The highest BCUT2D eigenvalue weighted by Gasteiger charge is 2.48. The third-order valence-corrected chi connectivity index (χ3v) is 4.58. The number of carbonyl (C=O) groups is 6. The van der Waals surface area contributed by atoms with Crippen LogP contribution in [0.15, 0.2) is 0 Å². The van der Waals surface area contributed by atoms with Gasteiger partial charge in [-0.3, -0.25) is 20.2 Å². The van der Waals surface area contributed by atoms with Crippen molar-refractivity contribution in [2.75, 3.05) is 33.1 Å². The average molecular weight is 506 g/mol. The standard InChI is InChI=1S/C11H16N8O8.C6H14O2/c20-1-10(4(22)14-8(26)18-10)16-6(24)12-3-13-7(25)17-11(2-21)5(23)15-9(27)19-11;7-5-3-1-2-4-6-8/h20-21H,1-3H2,(H2,12,16,24)(H2,13,17,25)(H2,14,18,22,26)(H2,15,19,23,27);7-8H,1-6H2. The van der Waals surface area contributed by atoms with Crippen LogP contribution < -0.4 is 42.5 Å². The summed E-state index contributed by atoms with van der Waals surface area (Å²) in [5, 5.41) is 51.0. The fourth-order valence-electron chi connectivity index (χ4n) is 2.72. The lowest BCUT2D eigenvalue weighted by atomic mass is 10.2. The van der Waals surface area contributed by atoms with Crippen LogP contribution in [0.2, 0.25) is 0 Å². The van der Waals surface area contributed by atoms with Crippen molar-refractivity contribution in [2.24, 2.45) is 0 Å². The van der Waals surface area contributed by atoms with E-state index in [2.05, 4.69) is 10.6 Å².